The number of benzene rings is 2. The molecule has 4 rings (SSSR count). The Bertz CT molecular complexity index is 1070. The average molecular weight is 366 g/mol. The predicted octanol–water partition coefficient (Wildman–Crippen LogP) is 4.41. The van der Waals surface area contributed by atoms with E-state index in [-0.39, 0.29) is 5.70 Å². The molecular weight excluding hydrogens is 350 g/mol. The molecule has 2 aromatic carbocycles. The van der Waals surface area contributed by atoms with Crippen molar-refractivity contribution < 1.29 is 9.59 Å². The first kappa shape index (κ1) is 16.4. The summed E-state index contributed by atoms with van der Waals surface area (Å²) in [6.45, 7) is 2.88. The number of aryl methyl sites for hydroxylation is 1. The van der Waals surface area contributed by atoms with Crippen LogP contribution < -0.4 is 10.2 Å². The van der Waals surface area contributed by atoms with Gasteiger partial charge in [-0.25, -0.2) is 9.69 Å². The van der Waals surface area contributed by atoms with E-state index in [0.29, 0.717) is 10.7 Å². The van der Waals surface area contributed by atoms with Crippen LogP contribution in [0, 0.1) is 0 Å². The van der Waals surface area contributed by atoms with Gasteiger partial charge in [0.05, 0.1) is 5.69 Å². The second-order valence-electron chi connectivity index (χ2n) is 6.00. The van der Waals surface area contributed by atoms with Gasteiger partial charge in [-0.05, 0) is 37.3 Å². The van der Waals surface area contributed by atoms with E-state index in [2.05, 4.69) is 16.8 Å². The van der Waals surface area contributed by atoms with Crippen LogP contribution in [0.4, 0.5) is 10.5 Å². The van der Waals surface area contributed by atoms with Gasteiger partial charge < -0.3 is 9.88 Å². The molecule has 1 aromatic heterocycles. The summed E-state index contributed by atoms with van der Waals surface area (Å²) in [4.78, 5) is 26.2. The Labute approximate surface area is 155 Å². The van der Waals surface area contributed by atoms with Crippen molar-refractivity contribution in [3.8, 4) is 0 Å². The van der Waals surface area contributed by atoms with E-state index in [4.69, 9.17) is 11.6 Å². The molecule has 3 aromatic rings. The van der Waals surface area contributed by atoms with Crippen molar-refractivity contribution in [1.29, 1.82) is 0 Å². The first-order chi connectivity index (χ1) is 12.6. The summed E-state index contributed by atoms with van der Waals surface area (Å²) in [7, 11) is 0. The minimum Gasteiger partial charge on any atom is -0.347 e. The molecule has 0 unspecified atom stereocenters. The molecule has 3 amide bonds. The lowest BCUT2D eigenvalue weighted by Crippen LogP contribution is -2.30. The number of urea groups is 1. The third kappa shape index (κ3) is 2.66. The maximum Gasteiger partial charge on any atom is 0.333 e. The van der Waals surface area contributed by atoms with Crippen molar-refractivity contribution in [2.24, 2.45) is 0 Å². The highest BCUT2D eigenvalue weighted by atomic mass is 35.5. The van der Waals surface area contributed by atoms with Crippen LogP contribution in [-0.4, -0.2) is 16.5 Å². The van der Waals surface area contributed by atoms with E-state index in [1.54, 1.807) is 30.3 Å². The maximum atomic E-state index is 12.8. The van der Waals surface area contributed by atoms with Crippen LogP contribution >= 0.6 is 11.6 Å². The number of rotatable bonds is 3. The Morgan fingerprint density at radius 1 is 1.12 bits per heavy atom. The number of nitrogens with zero attached hydrogens (tertiary/aromatic N) is 2. The molecule has 0 aliphatic carbocycles. The number of halogens is 1. The summed E-state index contributed by atoms with van der Waals surface area (Å²) in [5.41, 5.74) is 2.66. The number of amides is 3. The number of nitrogens with one attached hydrogen (secondary N) is 1. The van der Waals surface area contributed by atoms with Gasteiger partial charge in [-0.3, -0.25) is 4.79 Å². The van der Waals surface area contributed by atoms with Gasteiger partial charge in [0.15, 0.2) is 0 Å². The topological polar surface area (TPSA) is 54.3 Å². The van der Waals surface area contributed by atoms with Gasteiger partial charge in [-0.2, -0.15) is 0 Å². The van der Waals surface area contributed by atoms with Gasteiger partial charge in [-0.15, -0.1) is 0 Å². The molecule has 0 spiro atoms. The van der Waals surface area contributed by atoms with Crippen LogP contribution in [0.2, 0.25) is 5.02 Å². The van der Waals surface area contributed by atoms with Crippen LogP contribution in [-0.2, 0) is 11.3 Å². The molecule has 26 heavy (non-hydrogen) atoms. The van der Waals surface area contributed by atoms with Crippen LogP contribution in [0.3, 0.4) is 0 Å². The molecule has 0 saturated carbocycles. The Balaban J connectivity index is 1.76. The van der Waals surface area contributed by atoms with E-state index in [0.717, 1.165) is 27.9 Å². The number of para-hydroxylation sites is 1. The maximum absolute atomic E-state index is 12.8. The highest BCUT2D eigenvalue weighted by Crippen LogP contribution is 2.27. The third-order valence-electron chi connectivity index (χ3n) is 4.40. The SMILES string of the molecule is CCn1cc(/C=C2/NC(=O)N(c3cccc(Cl)c3)C2=O)c2ccccc21. The second-order valence-corrected chi connectivity index (χ2v) is 6.43. The molecule has 1 aliphatic heterocycles. The van der Waals surface area contributed by atoms with Gasteiger partial charge in [0.1, 0.15) is 5.70 Å². The lowest BCUT2D eigenvalue weighted by atomic mass is 10.1. The fourth-order valence-electron chi connectivity index (χ4n) is 3.19. The quantitative estimate of drug-likeness (QED) is 0.552. The minimum atomic E-state index is -0.484. The summed E-state index contributed by atoms with van der Waals surface area (Å²) in [6, 6.07) is 14.2. The largest absolute Gasteiger partial charge is 0.347 e. The minimum absolute atomic E-state index is 0.244. The molecule has 130 valence electrons. The second kappa shape index (κ2) is 6.35. The molecule has 1 aliphatic rings. The summed E-state index contributed by atoms with van der Waals surface area (Å²) in [6.07, 6.45) is 3.71. The lowest BCUT2D eigenvalue weighted by molar-refractivity contribution is -0.113. The predicted molar refractivity (Wildman–Crippen MR) is 103 cm³/mol. The van der Waals surface area contributed by atoms with Gasteiger partial charge in [0, 0.05) is 34.2 Å². The van der Waals surface area contributed by atoms with Crippen molar-refractivity contribution in [3.05, 3.63) is 71.0 Å². The van der Waals surface area contributed by atoms with Crippen molar-refractivity contribution >= 4 is 46.2 Å². The Morgan fingerprint density at radius 3 is 2.69 bits per heavy atom. The van der Waals surface area contributed by atoms with Crippen molar-refractivity contribution in [2.75, 3.05) is 4.90 Å². The van der Waals surface area contributed by atoms with Gasteiger partial charge in [0.25, 0.3) is 5.91 Å². The van der Waals surface area contributed by atoms with E-state index >= 15 is 0 Å². The third-order valence-corrected chi connectivity index (χ3v) is 4.64. The molecule has 1 saturated heterocycles. The molecule has 5 nitrogen and oxygen atoms in total. The number of hydrogen-bond acceptors (Lipinski definition) is 2. The number of anilines is 1. The summed E-state index contributed by atoms with van der Waals surface area (Å²) in [5.74, 6) is -0.398. The zero-order chi connectivity index (χ0) is 18.3. The van der Waals surface area contributed by atoms with Crippen LogP contribution in [0.15, 0.2) is 60.4 Å². The van der Waals surface area contributed by atoms with Crippen LogP contribution in [0.25, 0.3) is 17.0 Å². The monoisotopic (exact) mass is 365 g/mol. The van der Waals surface area contributed by atoms with Crippen molar-refractivity contribution in [2.45, 2.75) is 13.5 Å². The van der Waals surface area contributed by atoms with Gasteiger partial charge in [0.2, 0.25) is 0 Å². The number of carbonyl (C=O) groups excluding carboxylic acids is 2. The molecule has 0 atom stereocenters. The zero-order valence-electron chi connectivity index (χ0n) is 14.1. The molecular formula is C20H16ClN3O2. The fourth-order valence-corrected chi connectivity index (χ4v) is 3.38. The van der Waals surface area contributed by atoms with E-state index in [9.17, 15) is 9.59 Å². The highest BCUT2D eigenvalue weighted by Gasteiger charge is 2.35. The number of hydrogen-bond donors (Lipinski definition) is 1. The molecule has 1 fully saturated rings. The number of carbonyl (C=O) groups is 2. The Morgan fingerprint density at radius 2 is 1.92 bits per heavy atom. The van der Waals surface area contributed by atoms with E-state index < -0.39 is 11.9 Å². The summed E-state index contributed by atoms with van der Waals surface area (Å²) < 4.78 is 2.11. The van der Waals surface area contributed by atoms with Crippen LogP contribution in [0.1, 0.15) is 12.5 Å². The standard InChI is InChI=1S/C20H16ClN3O2/c1-2-23-12-13(16-8-3-4-9-18(16)23)10-17-19(25)24(20(26)22-17)15-7-5-6-14(21)11-15/h3-12H,2H2,1H3,(H,22,26)/b17-10+. The van der Waals surface area contributed by atoms with Gasteiger partial charge >= 0.3 is 6.03 Å². The van der Waals surface area contributed by atoms with Crippen molar-refractivity contribution in [3.63, 3.8) is 0 Å². The smallest absolute Gasteiger partial charge is 0.333 e. The number of imide groups is 1. The highest BCUT2D eigenvalue weighted by molar-refractivity contribution is 6.32. The molecule has 0 radical (unpaired) electrons. The first-order valence-corrected chi connectivity index (χ1v) is 8.67. The van der Waals surface area contributed by atoms with E-state index in [1.165, 1.54) is 0 Å². The zero-order valence-corrected chi connectivity index (χ0v) is 14.8. The summed E-state index contributed by atoms with van der Waals surface area (Å²) >= 11 is 5.98. The Kier molecular flexibility index (Phi) is 4.01. The number of fused-ring (bicyclic) bond motifs is 1. The molecule has 1 N–H and O–H groups in total. The fraction of sp³-hybridized carbons (Fsp3) is 0.100. The van der Waals surface area contributed by atoms with Crippen molar-refractivity contribution in [1.82, 2.24) is 9.88 Å². The molecule has 6 heteroatoms. The lowest BCUT2D eigenvalue weighted by Gasteiger charge is -2.11. The average Bonchev–Trinajstić information content (AvgIpc) is 3.13. The normalized spacial score (nSPS) is 15.9. The Hall–Kier alpha value is -3.05. The summed E-state index contributed by atoms with van der Waals surface area (Å²) in [5, 5.41) is 4.16. The van der Waals surface area contributed by atoms with Crippen LogP contribution in [0.5, 0.6) is 0 Å². The van der Waals surface area contributed by atoms with Gasteiger partial charge in [-0.1, -0.05) is 35.9 Å². The molecule has 2 heterocycles. The number of aromatic nitrogens is 1. The first-order valence-electron chi connectivity index (χ1n) is 8.29. The van der Waals surface area contributed by atoms with E-state index in [1.807, 2.05) is 30.5 Å². The molecule has 0 bridgehead atoms.